The zero-order valence-corrected chi connectivity index (χ0v) is 21.8. The van der Waals surface area contributed by atoms with Gasteiger partial charge in [-0.25, -0.2) is 4.98 Å². The third-order valence-corrected chi connectivity index (χ3v) is 7.87. The second-order valence-electron chi connectivity index (χ2n) is 9.47. The molecule has 1 amide bonds. The number of hydrogen-bond acceptors (Lipinski definition) is 5. The van der Waals surface area contributed by atoms with E-state index in [0.717, 1.165) is 46.4 Å². The van der Waals surface area contributed by atoms with E-state index in [4.69, 9.17) is 0 Å². The molecule has 1 aliphatic carbocycles. The highest BCUT2D eigenvalue weighted by Gasteiger charge is 2.49. The van der Waals surface area contributed by atoms with Crippen LogP contribution in [0.4, 0.5) is 13.2 Å². The summed E-state index contributed by atoms with van der Waals surface area (Å²) in [6.45, 7) is -1.36. The number of nitrogens with one attached hydrogen (secondary N) is 2. The van der Waals surface area contributed by atoms with Crippen LogP contribution in [-0.2, 0) is 10.2 Å². The number of nitrogens with zero attached hydrogens (tertiary/aromatic N) is 2. The minimum Gasteiger partial charge on any atom is -0.508 e. The largest absolute Gasteiger partial charge is 0.508 e. The summed E-state index contributed by atoms with van der Waals surface area (Å²) in [5.41, 5.74) is 2.93. The zero-order valence-electron chi connectivity index (χ0n) is 21.0. The quantitative estimate of drug-likeness (QED) is 0.155. The summed E-state index contributed by atoms with van der Waals surface area (Å²) in [7, 11) is 0. The highest BCUT2D eigenvalue weighted by atomic mass is 32.2. The summed E-state index contributed by atoms with van der Waals surface area (Å²) in [6.07, 6.45) is -1.80. The van der Waals surface area contributed by atoms with Crippen molar-refractivity contribution in [2.45, 2.75) is 42.4 Å². The molecule has 0 atom stereocenters. The topological polar surface area (TPSA) is 90.9 Å². The van der Waals surface area contributed by atoms with Gasteiger partial charge in [-0.2, -0.15) is 13.2 Å². The smallest absolute Gasteiger partial charge is 0.405 e. The second kappa shape index (κ2) is 11.1. The Morgan fingerprint density at radius 1 is 0.923 bits per heavy atom. The lowest BCUT2D eigenvalue weighted by molar-refractivity contribution is -0.141. The maximum atomic E-state index is 13.5. The van der Waals surface area contributed by atoms with Crippen LogP contribution >= 0.6 is 11.8 Å². The molecule has 5 rings (SSSR count). The molecule has 6 nitrogen and oxygen atoms in total. The molecule has 1 aromatic heterocycles. The highest BCUT2D eigenvalue weighted by Crippen LogP contribution is 2.51. The van der Waals surface area contributed by atoms with E-state index >= 15 is 0 Å². The minimum atomic E-state index is -4.49. The number of halogens is 3. The maximum absolute atomic E-state index is 13.5. The van der Waals surface area contributed by atoms with Gasteiger partial charge in [0.15, 0.2) is 5.82 Å². The zero-order chi connectivity index (χ0) is 27.5. The van der Waals surface area contributed by atoms with Crippen LogP contribution in [0, 0.1) is 0 Å². The fraction of sp³-hybridized carbons (Fsp3) is 0.276. The Hall–Kier alpha value is -3.79. The van der Waals surface area contributed by atoms with Gasteiger partial charge in [0, 0.05) is 11.3 Å². The fourth-order valence-electron chi connectivity index (χ4n) is 5.18. The summed E-state index contributed by atoms with van der Waals surface area (Å²) in [6, 6.07) is 21.7. The van der Waals surface area contributed by atoms with E-state index in [0.29, 0.717) is 23.8 Å². The van der Waals surface area contributed by atoms with Crippen LogP contribution in [0.15, 0.2) is 78.0 Å². The van der Waals surface area contributed by atoms with Crippen LogP contribution < -0.4 is 5.32 Å². The fourth-order valence-corrected chi connectivity index (χ4v) is 5.97. The average molecular weight is 553 g/mol. The van der Waals surface area contributed by atoms with Crippen molar-refractivity contribution < 1.29 is 23.1 Å². The number of fused-ring (bicyclic) bond motifs is 3. The lowest BCUT2D eigenvalue weighted by atomic mass is 9.73. The molecule has 202 valence electrons. The molecule has 1 aliphatic rings. The van der Waals surface area contributed by atoms with E-state index in [9.17, 15) is 23.1 Å². The molecule has 0 radical (unpaired) electrons. The van der Waals surface area contributed by atoms with Gasteiger partial charge in [-0.3, -0.25) is 9.89 Å². The van der Waals surface area contributed by atoms with Gasteiger partial charge in [0.2, 0.25) is 11.1 Å². The van der Waals surface area contributed by atoms with Gasteiger partial charge in [-0.05, 0) is 59.4 Å². The molecule has 0 saturated heterocycles. The van der Waals surface area contributed by atoms with Crippen molar-refractivity contribution in [2.24, 2.45) is 0 Å². The van der Waals surface area contributed by atoms with Crippen LogP contribution in [0.25, 0.3) is 22.5 Å². The van der Waals surface area contributed by atoms with Crippen molar-refractivity contribution in [1.29, 1.82) is 0 Å². The number of aromatic nitrogens is 3. The number of aromatic hydroxyl groups is 1. The number of phenols is 1. The highest BCUT2D eigenvalue weighted by molar-refractivity contribution is 7.99. The monoisotopic (exact) mass is 552 g/mol. The molecule has 39 heavy (non-hydrogen) atoms. The first-order chi connectivity index (χ1) is 18.8. The Bertz CT molecular complexity index is 1410. The Labute approximate surface area is 228 Å². The molecule has 10 heteroatoms. The normalized spacial score (nSPS) is 13.6. The number of unbranched alkanes of at least 4 members (excludes halogenated alkanes) is 2. The predicted molar refractivity (Wildman–Crippen MR) is 144 cm³/mol. The van der Waals surface area contributed by atoms with Gasteiger partial charge >= 0.3 is 6.18 Å². The number of aromatic amines is 1. The number of carbonyl (C=O) groups excluding carboxylic acids is 1. The summed E-state index contributed by atoms with van der Waals surface area (Å²) in [4.78, 5) is 18.0. The molecule has 3 aromatic carbocycles. The molecular formula is C29H27F3N4O2S. The maximum Gasteiger partial charge on any atom is 0.405 e. The first-order valence-corrected chi connectivity index (χ1v) is 13.7. The first kappa shape index (κ1) is 26.8. The number of rotatable bonds is 10. The van der Waals surface area contributed by atoms with E-state index in [1.165, 1.54) is 11.8 Å². The molecule has 0 bridgehead atoms. The SMILES string of the molecule is O=C(NCC(F)(F)F)C1(CCCCCSc2n[nH]c(-c3ccc(O)cc3)n2)c2ccccc2-c2ccccc21. The third kappa shape index (κ3) is 5.66. The van der Waals surface area contributed by atoms with Gasteiger partial charge in [-0.15, -0.1) is 5.10 Å². The summed E-state index contributed by atoms with van der Waals surface area (Å²) < 4.78 is 39.1. The van der Waals surface area contributed by atoms with E-state index in [1.807, 2.05) is 48.5 Å². The second-order valence-corrected chi connectivity index (χ2v) is 10.5. The van der Waals surface area contributed by atoms with Crippen LogP contribution in [0.3, 0.4) is 0 Å². The van der Waals surface area contributed by atoms with Crippen molar-refractivity contribution in [3.63, 3.8) is 0 Å². The minimum absolute atomic E-state index is 0.178. The van der Waals surface area contributed by atoms with Gasteiger partial charge in [0.05, 0.1) is 0 Å². The number of alkyl halides is 3. The molecular weight excluding hydrogens is 525 g/mol. The number of phenolic OH excluding ortho intramolecular Hbond substituents is 1. The van der Waals surface area contributed by atoms with Crippen molar-refractivity contribution >= 4 is 17.7 Å². The van der Waals surface area contributed by atoms with E-state index < -0.39 is 24.0 Å². The number of carbonyl (C=O) groups is 1. The van der Waals surface area contributed by atoms with Gasteiger partial charge < -0.3 is 10.4 Å². The van der Waals surface area contributed by atoms with Gasteiger partial charge in [0.1, 0.15) is 17.7 Å². The van der Waals surface area contributed by atoms with Crippen molar-refractivity contribution in [1.82, 2.24) is 20.5 Å². The molecule has 0 fully saturated rings. The Kier molecular flexibility index (Phi) is 7.65. The van der Waals surface area contributed by atoms with Crippen molar-refractivity contribution in [3.05, 3.63) is 83.9 Å². The van der Waals surface area contributed by atoms with Crippen LogP contribution in [-0.4, -0.2) is 44.7 Å². The lowest BCUT2D eigenvalue weighted by Gasteiger charge is -2.31. The molecule has 4 aromatic rings. The van der Waals surface area contributed by atoms with Crippen LogP contribution in [0.2, 0.25) is 0 Å². The Morgan fingerprint density at radius 2 is 1.56 bits per heavy atom. The van der Waals surface area contributed by atoms with Crippen molar-refractivity contribution in [3.8, 4) is 28.3 Å². The summed E-state index contributed by atoms with van der Waals surface area (Å²) in [5.74, 6) is 0.932. The first-order valence-electron chi connectivity index (χ1n) is 12.7. The Balaban J connectivity index is 1.25. The summed E-state index contributed by atoms with van der Waals surface area (Å²) >= 11 is 1.51. The standard InChI is InChI=1S/C29H27F3N4O2S/c30-29(31,32)18-33-26(38)28(23-10-4-2-8-21(23)22-9-3-5-11-24(22)28)16-6-1-7-17-39-27-34-25(35-36-27)19-12-14-20(37)15-13-19/h2-5,8-15,37H,1,6-7,16-18H2,(H,33,38)(H,34,35,36). The summed E-state index contributed by atoms with van der Waals surface area (Å²) in [5, 5.41) is 19.4. The number of benzene rings is 3. The Morgan fingerprint density at radius 3 is 2.21 bits per heavy atom. The van der Waals surface area contributed by atoms with E-state index in [1.54, 1.807) is 24.3 Å². The molecule has 1 heterocycles. The molecule has 0 saturated carbocycles. The molecule has 0 aliphatic heterocycles. The van der Waals surface area contributed by atoms with Crippen LogP contribution in [0.5, 0.6) is 5.75 Å². The number of H-pyrrole nitrogens is 1. The third-order valence-electron chi connectivity index (χ3n) is 6.93. The predicted octanol–water partition coefficient (Wildman–Crippen LogP) is 6.48. The van der Waals surface area contributed by atoms with Crippen molar-refractivity contribution in [2.75, 3.05) is 12.3 Å². The van der Waals surface area contributed by atoms with E-state index in [-0.39, 0.29) is 5.75 Å². The number of amides is 1. The molecule has 0 unspecified atom stereocenters. The number of thioether (sulfide) groups is 1. The molecule has 3 N–H and O–H groups in total. The van der Waals surface area contributed by atoms with Crippen LogP contribution in [0.1, 0.15) is 36.8 Å². The lowest BCUT2D eigenvalue weighted by Crippen LogP contribution is -2.47. The molecule has 0 spiro atoms. The number of hydrogen-bond donors (Lipinski definition) is 3. The average Bonchev–Trinajstić information content (AvgIpc) is 3.51. The van der Waals surface area contributed by atoms with E-state index in [2.05, 4.69) is 20.5 Å². The van der Waals surface area contributed by atoms with Gasteiger partial charge in [-0.1, -0.05) is 73.1 Å². The van der Waals surface area contributed by atoms with Gasteiger partial charge in [0.25, 0.3) is 0 Å².